The molecule has 0 spiro atoms. The lowest BCUT2D eigenvalue weighted by Crippen LogP contribution is -2.34. The molecule has 1 aromatic rings. The molecule has 20 heavy (non-hydrogen) atoms. The highest BCUT2D eigenvalue weighted by Gasteiger charge is 2.50. The fourth-order valence-electron chi connectivity index (χ4n) is 1.82. The van der Waals surface area contributed by atoms with E-state index < -0.39 is 21.4 Å². The molecule has 6 nitrogen and oxygen atoms in total. The van der Waals surface area contributed by atoms with Crippen molar-refractivity contribution in [3.63, 3.8) is 0 Å². The number of benzene rings is 1. The summed E-state index contributed by atoms with van der Waals surface area (Å²) in [7, 11) is -3.69. The van der Waals surface area contributed by atoms with E-state index in [-0.39, 0.29) is 11.4 Å². The third-order valence-corrected chi connectivity index (χ3v) is 4.77. The van der Waals surface area contributed by atoms with Crippen molar-refractivity contribution in [1.29, 1.82) is 0 Å². The van der Waals surface area contributed by atoms with Crippen LogP contribution in [0, 0.1) is 5.41 Å². The smallest absolute Gasteiger partial charge is 0.310 e. The molecule has 0 bridgehead atoms. The molecule has 1 saturated carbocycles. The Balaban J connectivity index is 2.05. The molecule has 0 saturated heterocycles. The van der Waals surface area contributed by atoms with Crippen molar-refractivity contribution in [3.8, 4) is 5.75 Å². The normalized spacial score (nSPS) is 16.6. The zero-order chi connectivity index (χ0) is 14.8. The van der Waals surface area contributed by atoms with Gasteiger partial charge >= 0.3 is 5.97 Å². The number of hydrogen-bond donors (Lipinski definition) is 2. The van der Waals surface area contributed by atoms with E-state index in [1.807, 2.05) is 6.92 Å². The SMILES string of the molecule is CCOc1ccc(S(=O)(=O)NCC2(C(=O)O)CC2)cc1. The summed E-state index contributed by atoms with van der Waals surface area (Å²) in [6, 6.07) is 6.02. The lowest BCUT2D eigenvalue weighted by atomic mass is 10.1. The minimum Gasteiger partial charge on any atom is -0.494 e. The van der Waals surface area contributed by atoms with Crippen LogP contribution in [0.3, 0.4) is 0 Å². The fourth-order valence-corrected chi connectivity index (χ4v) is 2.94. The Morgan fingerprint density at radius 2 is 1.95 bits per heavy atom. The van der Waals surface area contributed by atoms with Crippen molar-refractivity contribution in [2.24, 2.45) is 5.41 Å². The Morgan fingerprint density at radius 1 is 1.35 bits per heavy atom. The van der Waals surface area contributed by atoms with Gasteiger partial charge in [0.05, 0.1) is 16.9 Å². The van der Waals surface area contributed by atoms with Crippen LogP contribution >= 0.6 is 0 Å². The Hall–Kier alpha value is -1.60. The van der Waals surface area contributed by atoms with Gasteiger partial charge in [0, 0.05) is 6.54 Å². The number of carboxylic acids is 1. The molecular weight excluding hydrogens is 282 g/mol. The van der Waals surface area contributed by atoms with Gasteiger partial charge in [-0.1, -0.05) is 0 Å². The summed E-state index contributed by atoms with van der Waals surface area (Å²) in [6.07, 6.45) is 1.02. The molecule has 1 fully saturated rings. The van der Waals surface area contributed by atoms with E-state index in [9.17, 15) is 13.2 Å². The fraction of sp³-hybridized carbons (Fsp3) is 0.462. The summed E-state index contributed by atoms with van der Waals surface area (Å²) in [5.41, 5.74) is -0.918. The Morgan fingerprint density at radius 3 is 2.40 bits per heavy atom. The second-order valence-electron chi connectivity index (χ2n) is 4.81. The van der Waals surface area contributed by atoms with Crippen LogP contribution in [0.25, 0.3) is 0 Å². The summed E-state index contributed by atoms with van der Waals surface area (Å²) in [6.45, 7) is 2.27. The van der Waals surface area contributed by atoms with Crippen LogP contribution in [0.5, 0.6) is 5.75 Å². The predicted molar refractivity (Wildman–Crippen MR) is 72.1 cm³/mol. The zero-order valence-corrected chi connectivity index (χ0v) is 11.9. The van der Waals surface area contributed by atoms with Crippen LogP contribution in [0.2, 0.25) is 0 Å². The van der Waals surface area contributed by atoms with E-state index in [0.29, 0.717) is 25.2 Å². The van der Waals surface area contributed by atoms with E-state index in [1.165, 1.54) is 12.1 Å². The number of nitrogens with one attached hydrogen (secondary N) is 1. The second-order valence-corrected chi connectivity index (χ2v) is 6.58. The molecule has 0 amide bonds. The molecule has 1 aromatic carbocycles. The summed E-state index contributed by atoms with van der Waals surface area (Å²) in [5, 5.41) is 9.02. The van der Waals surface area contributed by atoms with Gasteiger partial charge in [0.25, 0.3) is 0 Å². The standard InChI is InChI=1S/C13H17NO5S/c1-2-19-10-3-5-11(6-4-10)20(17,18)14-9-13(7-8-13)12(15)16/h3-6,14H,2,7-9H2,1H3,(H,15,16). The van der Waals surface area contributed by atoms with Crippen LogP contribution in [-0.2, 0) is 14.8 Å². The van der Waals surface area contributed by atoms with Crippen molar-refractivity contribution < 1.29 is 23.1 Å². The molecule has 2 rings (SSSR count). The number of ether oxygens (including phenoxy) is 1. The molecule has 0 atom stereocenters. The molecule has 0 unspecified atom stereocenters. The number of carboxylic acid groups (broad SMARTS) is 1. The highest BCUT2D eigenvalue weighted by atomic mass is 32.2. The lowest BCUT2D eigenvalue weighted by molar-refractivity contribution is -0.143. The number of carbonyl (C=O) groups is 1. The maximum Gasteiger partial charge on any atom is 0.310 e. The van der Waals surface area contributed by atoms with Crippen molar-refractivity contribution in [2.75, 3.05) is 13.2 Å². The van der Waals surface area contributed by atoms with Crippen molar-refractivity contribution in [3.05, 3.63) is 24.3 Å². The molecule has 2 N–H and O–H groups in total. The minimum absolute atomic E-state index is 0.0715. The molecule has 0 radical (unpaired) electrons. The highest BCUT2D eigenvalue weighted by Crippen LogP contribution is 2.45. The first kappa shape index (κ1) is 14.8. The van der Waals surface area contributed by atoms with Gasteiger partial charge in [-0.3, -0.25) is 4.79 Å². The molecule has 1 aliphatic rings. The predicted octanol–water partition coefficient (Wildman–Crippen LogP) is 1.23. The number of aliphatic carboxylic acids is 1. The maximum absolute atomic E-state index is 12.1. The first-order valence-electron chi connectivity index (χ1n) is 6.35. The van der Waals surface area contributed by atoms with E-state index >= 15 is 0 Å². The van der Waals surface area contributed by atoms with Gasteiger partial charge < -0.3 is 9.84 Å². The second kappa shape index (κ2) is 5.41. The lowest BCUT2D eigenvalue weighted by Gasteiger charge is -2.12. The first-order valence-corrected chi connectivity index (χ1v) is 7.84. The van der Waals surface area contributed by atoms with Gasteiger partial charge in [0.15, 0.2) is 0 Å². The van der Waals surface area contributed by atoms with E-state index in [4.69, 9.17) is 9.84 Å². The number of hydrogen-bond acceptors (Lipinski definition) is 4. The monoisotopic (exact) mass is 299 g/mol. The largest absolute Gasteiger partial charge is 0.494 e. The van der Waals surface area contributed by atoms with Crippen LogP contribution in [0.4, 0.5) is 0 Å². The Bertz CT molecular complexity index is 590. The van der Waals surface area contributed by atoms with Gasteiger partial charge in [-0.25, -0.2) is 13.1 Å². The Labute approximate surface area is 117 Å². The topological polar surface area (TPSA) is 92.7 Å². The summed E-state index contributed by atoms with van der Waals surface area (Å²) < 4.78 is 31.7. The van der Waals surface area contributed by atoms with Crippen LogP contribution in [0.1, 0.15) is 19.8 Å². The molecule has 1 aliphatic carbocycles. The molecule has 0 aromatic heterocycles. The van der Waals surface area contributed by atoms with Crippen LogP contribution in [0.15, 0.2) is 29.2 Å². The Kier molecular flexibility index (Phi) is 4.01. The molecule has 0 aliphatic heterocycles. The average molecular weight is 299 g/mol. The highest BCUT2D eigenvalue weighted by molar-refractivity contribution is 7.89. The van der Waals surface area contributed by atoms with E-state index in [0.717, 1.165) is 0 Å². The van der Waals surface area contributed by atoms with Crippen LogP contribution in [-0.4, -0.2) is 32.6 Å². The maximum atomic E-state index is 12.1. The van der Waals surface area contributed by atoms with Crippen molar-refractivity contribution >= 4 is 16.0 Å². The van der Waals surface area contributed by atoms with Crippen LogP contribution < -0.4 is 9.46 Å². The number of sulfonamides is 1. The summed E-state index contributed by atoms with van der Waals surface area (Å²) >= 11 is 0. The number of rotatable bonds is 7. The zero-order valence-electron chi connectivity index (χ0n) is 11.1. The van der Waals surface area contributed by atoms with E-state index in [1.54, 1.807) is 12.1 Å². The summed E-state index contributed by atoms with van der Waals surface area (Å²) in [4.78, 5) is 11.1. The minimum atomic E-state index is -3.69. The summed E-state index contributed by atoms with van der Waals surface area (Å²) in [5.74, 6) is -0.359. The van der Waals surface area contributed by atoms with E-state index in [2.05, 4.69) is 4.72 Å². The van der Waals surface area contributed by atoms with Gasteiger partial charge in [-0.15, -0.1) is 0 Å². The van der Waals surface area contributed by atoms with Crippen molar-refractivity contribution in [2.45, 2.75) is 24.7 Å². The average Bonchev–Trinajstić information content (AvgIpc) is 3.19. The quantitative estimate of drug-likeness (QED) is 0.790. The third-order valence-electron chi connectivity index (χ3n) is 3.35. The molecule has 110 valence electrons. The molecule has 0 heterocycles. The van der Waals surface area contributed by atoms with Gasteiger partial charge in [0.2, 0.25) is 10.0 Å². The van der Waals surface area contributed by atoms with Gasteiger partial charge in [-0.05, 0) is 44.0 Å². The molecule has 7 heteroatoms. The van der Waals surface area contributed by atoms with Crippen molar-refractivity contribution in [1.82, 2.24) is 4.72 Å². The molecular formula is C13H17NO5S. The van der Waals surface area contributed by atoms with Gasteiger partial charge in [-0.2, -0.15) is 0 Å². The first-order chi connectivity index (χ1) is 9.39. The third kappa shape index (κ3) is 3.10. The van der Waals surface area contributed by atoms with Gasteiger partial charge in [0.1, 0.15) is 5.75 Å².